The Morgan fingerprint density at radius 2 is 1.88 bits per heavy atom. The second-order valence-electron chi connectivity index (χ2n) is 5.71. The molecule has 1 unspecified atom stereocenters. The van der Waals surface area contributed by atoms with E-state index in [-0.39, 0.29) is 0 Å². The lowest BCUT2D eigenvalue weighted by Gasteiger charge is -2.20. The second-order valence-corrected chi connectivity index (χ2v) is 5.71. The summed E-state index contributed by atoms with van der Waals surface area (Å²) in [5.41, 5.74) is 0.344. The number of carbonyl (C=O) groups is 1. The fraction of sp³-hybridized carbons (Fsp3) is 0.316. The summed E-state index contributed by atoms with van der Waals surface area (Å²) in [6, 6.07) is 9.76. The van der Waals surface area contributed by atoms with Gasteiger partial charge in [-0.25, -0.2) is 0 Å². The predicted octanol–water partition coefficient (Wildman–Crippen LogP) is 4.90. The van der Waals surface area contributed by atoms with Crippen LogP contribution in [0, 0.1) is 6.92 Å². The van der Waals surface area contributed by atoms with Crippen LogP contribution in [0.25, 0.3) is 0 Å². The van der Waals surface area contributed by atoms with E-state index in [4.69, 9.17) is 4.74 Å². The van der Waals surface area contributed by atoms with Crippen LogP contribution in [0.2, 0.25) is 0 Å². The molecule has 0 aliphatic carbocycles. The Morgan fingerprint density at radius 1 is 1.20 bits per heavy atom. The highest BCUT2D eigenvalue weighted by molar-refractivity contribution is 5.96. The largest absolute Gasteiger partial charge is 0.494 e. The van der Waals surface area contributed by atoms with Gasteiger partial charge < -0.3 is 10.1 Å². The van der Waals surface area contributed by atoms with Crippen LogP contribution in [0.3, 0.4) is 0 Å². The molecule has 0 saturated heterocycles. The Bertz CT molecular complexity index is 757. The predicted molar refractivity (Wildman–Crippen MR) is 89.7 cm³/mol. The van der Waals surface area contributed by atoms with Crippen LogP contribution < -0.4 is 10.1 Å². The Labute approximate surface area is 144 Å². The summed E-state index contributed by atoms with van der Waals surface area (Å²) in [6.07, 6.45) is -4.59. The monoisotopic (exact) mass is 351 g/mol. The van der Waals surface area contributed by atoms with Crippen LogP contribution in [0.5, 0.6) is 5.75 Å². The maximum Gasteiger partial charge on any atom is 0.417 e. The summed E-state index contributed by atoms with van der Waals surface area (Å²) in [5, 5.41) is 2.63. The van der Waals surface area contributed by atoms with Gasteiger partial charge >= 0.3 is 6.18 Å². The number of amides is 1. The van der Waals surface area contributed by atoms with Gasteiger partial charge in [-0.1, -0.05) is 29.8 Å². The molecule has 0 fully saturated rings. The van der Waals surface area contributed by atoms with Crippen molar-refractivity contribution in [2.75, 3.05) is 6.61 Å². The van der Waals surface area contributed by atoms with Crippen molar-refractivity contribution in [1.82, 2.24) is 5.32 Å². The summed E-state index contributed by atoms with van der Waals surface area (Å²) in [4.78, 5) is 12.4. The highest BCUT2D eigenvalue weighted by Crippen LogP contribution is 2.32. The van der Waals surface area contributed by atoms with Crippen LogP contribution in [0.4, 0.5) is 13.2 Å². The van der Waals surface area contributed by atoms with Crippen molar-refractivity contribution >= 4 is 5.91 Å². The van der Waals surface area contributed by atoms with Crippen LogP contribution in [0.15, 0.2) is 42.5 Å². The van der Waals surface area contributed by atoms with Crippen LogP contribution in [0.1, 0.15) is 46.9 Å². The summed E-state index contributed by atoms with van der Waals surface area (Å²) in [7, 11) is 0. The Balaban J connectivity index is 2.29. The van der Waals surface area contributed by atoms with Gasteiger partial charge in [-0.3, -0.25) is 4.79 Å². The molecule has 0 aliphatic heterocycles. The zero-order valence-corrected chi connectivity index (χ0v) is 14.3. The van der Waals surface area contributed by atoms with Gasteiger partial charge in [0.05, 0.1) is 23.8 Å². The van der Waals surface area contributed by atoms with Crippen molar-refractivity contribution < 1.29 is 22.7 Å². The van der Waals surface area contributed by atoms with E-state index >= 15 is 0 Å². The lowest BCUT2D eigenvalue weighted by molar-refractivity contribution is -0.137. The van der Waals surface area contributed by atoms with Gasteiger partial charge in [-0.15, -0.1) is 0 Å². The van der Waals surface area contributed by atoms with Crippen LogP contribution in [-0.2, 0) is 6.18 Å². The third kappa shape index (κ3) is 4.53. The van der Waals surface area contributed by atoms with E-state index in [1.54, 1.807) is 13.0 Å². The lowest BCUT2D eigenvalue weighted by Crippen LogP contribution is -2.29. The fourth-order valence-corrected chi connectivity index (χ4v) is 2.57. The number of aryl methyl sites for hydroxylation is 1. The Morgan fingerprint density at radius 3 is 2.52 bits per heavy atom. The molecule has 2 aromatic carbocycles. The minimum atomic E-state index is -4.59. The van der Waals surface area contributed by atoms with Crippen molar-refractivity contribution in [1.29, 1.82) is 0 Å². The molecule has 6 heteroatoms. The van der Waals surface area contributed by atoms with Crippen molar-refractivity contribution in [3.8, 4) is 5.75 Å². The third-order valence-electron chi connectivity index (χ3n) is 3.76. The van der Waals surface area contributed by atoms with Crippen molar-refractivity contribution in [2.45, 2.75) is 33.0 Å². The van der Waals surface area contributed by atoms with Gasteiger partial charge in [0.25, 0.3) is 5.91 Å². The Hall–Kier alpha value is -2.50. The average molecular weight is 351 g/mol. The number of ether oxygens (including phenoxy) is 1. The molecule has 2 rings (SSSR count). The first kappa shape index (κ1) is 18.8. The molecule has 1 N–H and O–H groups in total. The molecule has 1 atom stereocenters. The molecule has 0 heterocycles. The number of rotatable bonds is 5. The number of hydrogen-bond acceptors (Lipinski definition) is 2. The molecule has 0 bridgehead atoms. The molecule has 1 amide bonds. The summed E-state index contributed by atoms with van der Waals surface area (Å²) < 4.78 is 44.8. The van der Waals surface area contributed by atoms with Crippen molar-refractivity contribution in [2.24, 2.45) is 0 Å². The van der Waals surface area contributed by atoms with Crippen molar-refractivity contribution in [3.63, 3.8) is 0 Å². The first-order chi connectivity index (χ1) is 11.7. The third-order valence-corrected chi connectivity index (χ3v) is 3.76. The van der Waals surface area contributed by atoms with E-state index in [1.807, 2.05) is 26.0 Å². The topological polar surface area (TPSA) is 38.3 Å². The summed E-state index contributed by atoms with van der Waals surface area (Å²) in [5.74, 6) is -0.172. The number of benzene rings is 2. The van der Waals surface area contributed by atoms with Gasteiger partial charge in [0, 0.05) is 5.56 Å². The SMILES string of the molecule is CCOc1ccc(C)cc1C(C)NC(=O)c1ccccc1C(F)(F)F. The smallest absolute Gasteiger partial charge is 0.417 e. The number of hydrogen-bond donors (Lipinski definition) is 1. The zero-order valence-electron chi connectivity index (χ0n) is 14.3. The molecular weight excluding hydrogens is 331 g/mol. The van der Waals surface area contributed by atoms with Gasteiger partial charge in [-0.2, -0.15) is 13.2 Å². The second kappa shape index (κ2) is 7.59. The van der Waals surface area contributed by atoms with E-state index in [9.17, 15) is 18.0 Å². The first-order valence-electron chi connectivity index (χ1n) is 7.94. The molecule has 0 radical (unpaired) electrons. The first-order valence-corrected chi connectivity index (χ1v) is 7.94. The van der Waals surface area contributed by atoms with E-state index in [0.29, 0.717) is 12.4 Å². The van der Waals surface area contributed by atoms with Gasteiger partial charge in [0.15, 0.2) is 0 Å². The molecule has 0 spiro atoms. The minimum absolute atomic E-state index is 0.396. The van der Waals surface area contributed by atoms with Crippen LogP contribution >= 0.6 is 0 Å². The number of halogens is 3. The molecule has 2 aromatic rings. The highest BCUT2D eigenvalue weighted by atomic mass is 19.4. The zero-order chi connectivity index (χ0) is 18.6. The molecule has 3 nitrogen and oxygen atoms in total. The van der Waals surface area contributed by atoms with E-state index < -0.39 is 29.3 Å². The number of nitrogens with one attached hydrogen (secondary N) is 1. The van der Waals surface area contributed by atoms with Gasteiger partial charge in [0.1, 0.15) is 5.75 Å². The quantitative estimate of drug-likeness (QED) is 0.832. The number of carbonyl (C=O) groups excluding carboxylic acids is 1. The number of alkyl halides is 3. The molecule has 0 aliphatic rings. The standard InChI is InChI=1S/C19H20F3NO2/c1-4-25-17-10-9-12(2)11-15(17)13(3)23-18(24)14-7-5-6-8-16(14)19(20,21)22/h5-11,13H,4H2,1-3H3,(H,23,24). The van der Waals surface area contributed by atoms with E-state index in [2.05, 4.69) is 5.32 Å². The van der Waals surface area contributed by atoms with Crippen molar-refractivity contribution in [3.05, 3.63) is 64.7 Å². The normalized spacial score (nSPS) is 12.6. The average Bonchev–Trinajstić information content (AvgIpc) is 2.55. The molecular formula is C19H20F3NO2. The summed E-state index contributed by atoms with van der Waals surface area (Å²) >= 11 is 0. The maximum absolute atomic E-state index is 13.1. The minimum Gasteiger partial charge on any atom is -0.494 e. The van der Waals surface area contributed by atoms with Gasteiger partial charge in [-0.05, 0) is 39.0 Å². The lowest BCUT2D eigenvalue weighted by atomic mass is 10.0. The Kier molecular flexibility index (Phi) is 5.72. The summed E-state index contributed by atoms with van der Waals surface area (Å²) in [6.45, 7) is 5.90. The molecule has 134 valence electrons. The van der Waals surface area contributed by atoms with Crippen LogP contribution in [-0.4, -0.2) is 12.5 Å². The van der Waals surface area contributed by atoms with Gasteiger partial charge in [0.2, 0.25) is 0 Å². The maximum atomic E-state index is 13.1. The molecule has 0 saturated carbocycles. The molecule has 25 heavy (non-hydrogen) atoms. The fourth-order valence-electron chi connectivity index (χ4n) is 2.57. The van der Waals surface area contributed by atoms with E-state index in [1.165, 1.54) is 18.2 Å². The molecule has 0 aromatic heterocycles. The highest BCUT2D eigenvalue weighted by Gasteiger charge is 2.35. The van der Waals surface area contributed by atoms with E-state index in [0.717, 1.165) is 17.2 Å².